The van der Waals surface area contributed by atoms with Gasteiger partial charge in [0.15, 0.2) is 19.3 Å². The second-order valence-electron chi connectivity index (χ2n) is 23.3. The molecular weight excluding hydrogens is 1380 g/mol. The van der Waals surface area contributed by atoms with Crippen LogP contribution in [0.2, 0.25) is 15.1 Å². The molecule has 0 bridgehead atoms. The summed E-state index contributed by atoms with van der Waals surface area (Å²) in [5, 5.41) is 26.1. The van der Waals surface area contributed by atoms with Crippen molar-refractivity contribution in [2.45, 2.75) is 121 Å². The highest BCUT2D eigenvalue weighted by molar-refractivity contribution is 9.12. The fourth-order valence-electron chi connectivity index (χ4n) is 9.83. The van der Waals surface area contributed by atoms with Crippen LogP contribution in [-0.4, -0.2) is 96.0 Å². The van der Waals surface area contributed by atoms with Gasteiger partial charge in [-0.05, 0) is 173 Å². The maximum atomic E-state index is 8.68. The Bertz CT molecular complexity index is 3030. The fourth-order valence-corrected chi connectivity index (χ4v) is 16.7. The van der Waals surface area contributed by atoms with Gasteiger partial charge in [0.2, 0.25) is 0 Å². The number of nitrogens with one attached hydrogen (secondary N) is 1. The topological polar surface area (TPSA) is 140 Å². The standard InChI is InChI=1S/C17H21ClN2S.C16H20ClN3S.C11H17BrN2S.C7H15N.C6H6BClO2.C4H3Br2NS/c1-4-17(3)9-10-20(11-17)16-19-12(2)15(21-16)13-7-5-6-8-14(13)18;1-11-14(12-5-3-4-6-13(12)17)21-15(19-11)20-8-7-16(2,9-18)10-20;1-4-11(3)5-6-14(7-11)10-13-8(2)9(12)15-10;1-3-7(2)4-5-8-6-7;8-6-4-2-1-3-5(6)7(9)10;1-2-3(5)8-4(6)7-2/h5-8H,4,9-11H2,1-3H3;3-6H,7-10,18H2,1-2H3;4-7H2,1-3H3;8H,3-6H2,1-2H3;1-4,9-10H;1H3. The molecule has 0 aliphatic carbocycles. The van der Waals surface area contributed by atoms with E-state index >= 15 is 0 Å². The minimum Gasteiger partial charge on any atom is -0.423 e. The van der Waals surface area contributed by atoms with Gasteiger partial charge in [-0.2, -0.15) is 0 Å². The number of hydrogen-bond acceptors (Lipinski definition) is 15. The minimum atomic E-state index is -1.48. The van der Waals surface area contributed by atoms with Crippen LogP contribution in [0, 0.1) is 49.4 Å². The Morgan fingerprint density at radius 3 is 1.24 bits per heavy atom. The molecule has 452 valence electrons. The van der Waals surface area contributed by atoms with Gasteiger partial charge in [0.05, 0.1) is 40.1 Å². The van der Waals surface area contributed by atoms with E-state index < -0.39 is 7.12 Å². The Kier molecular flexibility index (Phi) is 26.8. The highest BCUT2D eigenvalue weighted by Crippen LogP contribution is 2.44. The van der Waals surface area contributed by atoms with Gasteiger partial charge in [-0.3, -0.25) is 0 Å². The van der Waals surface area contributed by atoms with Crippen LogP contribution in [0.5, 0.6) is 0 Å². The lowest BCUT2D eigenvalue weighted by molar-refractivity contribution is 0.351. The smallest absolute Gasteiger partial charge is 0.423 e. The second kappa shape index (κ2) is 31.8. The number of aromatic nitrogens is 4. The van der Waals surface area contributed by atoms with Crippen LogP contribution >= 0.6 is 128 Å². The number of thiazole rings is 4. The van der Waals surface area contributed by atoms with E-state index in [-0.39, 0.29) is 5.41 Å². The van der Waals surface area contributed by atoms with Crippen molar-refractivity contribution in [3.05, 3.63) is 122 Å². The van der Waals surface area contributed by atoms with Crippen molar-refractivity contribution in [3.8, 4) is 20.9 Å². The first-order valence-electron chi connectivity index (χ1n) is 28.4. The zero-order valence-corrected chi connectivity index (χ0v) is 60.1. The van der Waals surface area contributed by atoms with Gasteiger partial charge in [-0.15, -0.1) is 0 Å². The molecule has 8 heterocycles. The molecular formula is C61H82BBr3Cl3N9O2S4. The monoisotopic (exact) mass is 1450 g/mol. The molecule has 0 spiro atoms. The summed E-state index contributed by atoms with van der Waals surface area (Å²) in [6.45, 7) is 34.1. The van der Waals surface area contributed by atoms with Gasteiger partial charge in [0.1, 0.15) is 0 Å². The van der Waals surface area contributed by atoms with Gasteiger partial charge < -0.3 is 35.8 Å². The van der Waals surface area contributed by atoms with E-state index in [2.05, 4.69) is 159 Å². The Morgan fingerprint density at radius 2 is 0.940 bits per heavy atom. The van der Waals surface area contributed by atoms with Crippen molar-refractivity contribution in [3.63, 3.8) is 0 Å². The van der Waals surface area contributed by atoms with Crippen molar-refractivity contribution < 1.29 is 10.0 Å². The molecule has 4 atom stereocenters. The quantitative estimate of drug-likeness (QED) is 0.0973. The first kappa shape index (κ1) is 69.9. The lowest BCUT2D eigenvalue weighted by atomic mass is 9.80. The summed E-state index contributed by atoms with van der Waals surface area (Å²) >= 11 is 35.2. The molecule has 7 aromatic rings. The fraction of sp³-hybridized carbons (Fsp3) is 0.508. The second-order valence-corrected chi connectivity index (χ2v) is 32.4. The molecule has 5 N–H and O–H groups in total. The van der Waals surface area contributed by atoms with Crippen molar-refractivity contribution in [2.75, 3.05) is 73.6 Å². The number of halogens is 6. The van der Waals surface area contributed by atoms with E-state index in [0.29, 0.717) is 26.7 Å². The number of nitrogens with two attached hydrogens (primary N) is 1. The van der Waals surface area contributed by atoms with E-state index in [1.54, 1.807) is 69.6 Å². The zero-order chi connectivity index (χ0) is 60.9. The van der Waals surface area contributed by atoms with Gasteiger partial charge >= 0.3 is 7.12 Å². The van der Waals surface area contributed by atoms with E-state index in [1.807, 2.05) is 43.3 Å². The van der Waals surface area contributed by atoms with Crippen LogP contribution < -0.4 is 31.2 Å². The third-order valence-corrected chi connectivity index (χ3v) is 24.5. The average molecular weight is 1460 g/mol. The normalized spacial score (nSPS) is 21.7. The average Bonchev–Trinajstić information content (AvgIpc) is 3.91. The lowest BCUT2D eigenvalue weighted by Gasteiger charge is -2.22. The van der Waals surface area contributed by atoms with Crippen molar-refractivity contribution >= 4 is 156 Å². The number of hydrogen-bond donors (Lipinski definition) is 4. The van der Waals surface area contributed by atoms with Crippen molar-refractivity contribution in [1.82, 2.24) is 25.3 Å². The van der Waals surface area contributed by atoms with Crippen LogP contribution in [0.4, 0.5) is 15.4 Å². The first-order valence-corrected chi connectivity index (χ1v) is 35.2. The molecule has 22 heteroatoms. The van der Waals surface area contributed by atoms with Crippen molar-refractivity contribution in [1.29, 1.82) is 0 Å². The number of rotatable bonds is 10. The highest BCUT2D eigenvalue weighted by atomic mass is 79.9. The Morgan fingerprint density at radius 1 is 0.542 bits per heavy atom. The Hall–Kier alpha value is -2.21. The van der Waals surface area contributed by atoms with Crippen LogP contribution in [-0.2, 0) is 0 Å². The van der Waals surface area contributed by atoms with Crippen LogP contribution in [0.1, 0.15) is 116 Å². The molecule has 3 aromatic carbocycles. The molecule has 4 unspecified atom stereocenters. The maximum Gasteiger partial charge on any atom is 0.489 e. The zero-order valence-electron chi connectivity index (χ0n) is 49.8. The minimum absolute atomic E-state index is 0.212. The first-order chi connectivity index (χ1) is 39.3. The van der Waals surface area contributed by atoms with Gasteiger partial charge in [-0.1, -0.05) is 183 Å². The summed E-state index contributed by atoms with van der Waals surface area (Å²) in [5.74, 6) is 0. The number of aryl methyl sites for hydroxylation is 4. The molecule has 0 radical (unpaired) electrons. The van der Waals surface area contributed by atoms with E-state index in [9.17, 15) is 0 Å². The van der Waals surface area contributed by atoms with Crippen LogP contribution in [0.3, 0.4) is 0 Å². The summed E-state index contributed by atoms with van der Waals surface area (Å²) < 4.78 is 3.20. The summed E-state index contributed by atoms with van der Waals surface area (Å²) in [4.78, 5) is 27.8. The number of benzene rings is 3. The van der Waals surface area contributed by atoms with E-state index in [1.165, 1.54) is 65.4 Å². The predicted octanol–water partition coefficient (Wildman–Crippen LogP) is 17.6. The Balaban J connectivity index is 0.000000167. The molecule has 0 amide bonds. The number of nitrogens with zero attached hydrogens (tertiary/aromatic N) is 7. The SMILES string of the molecule is CCC1(C)CCN(c2nc(C)c(-c3ccccc3Cl)s2)C1.CCC1(C)CCN(c2nc(C)c(Br)s2)C1.CCC1(C)CCNC1.Cc1nc(Br)sc1Br.Cc1nc(N2CCC(C)(CN)C2)sc1-c1ccccc1Cl.OB(O)c1ccccc1Cl. The third kappa shape index (κ3) is 19.6. The lowest BCUT2D eigenvalue weighted by Crippen LogP contribution is -2.31. The van der Waals surface area contributed by atoms with E-state index in [4.69, 9.17) is 60.6 Å². The molecule has 0 saturated carbocycles. The highest BCUT2D eigenvalue weighted by Gasteiger charge is 2.36. The molecule has 11 nitrogen and oxygen atoms in total. The summed E-state index contributed by atoms with van der Waals surface area (Å²) in [6.07, 6.45) is 8.84. The van der Waals surface area contributed by atoms with Crippen molar-refractivity contribution in [2.24, 2.45) is 27.4 Å². The summed E-state index contributed by atoms with van der Waals surface area (Å²) in [7, 11) is -1.48. The maximum absolute atomic E-state index is 8.68. The summed E-state index contributed by atoms with van der Waals surface area (Å²) in [5.41, 5.74) is 14.4. The van der Waals surface area contributed by atoms with E-state index in [0.717, 1.165) is 119 Å². The summed E-state index contributed by atoms with van der Waals surface area (Å²) in [6, 6.07) is 22.6. The van der Waals surface area contributed by atoms with Gasteiger partial charge in [-0.25, -0.2) is 19.9 Å². The predicted molar refractivity (Wildman–Crippen MR) is 373 cm³/mol. The van der Waals surface area contributed by atoms with Gasteiger partial charge in [0, 0.05) is 77.5 Å². The largest absolute Gasteiger partial charge is 0.489 e. The molecule has 4 aromatic heterocycles. The molecule has 4 aliphatic heterocycles. The van der Waals surface area contributed by atoms with Crippen LogP contribution in [0.25, 0.3) is 20.9 Å². The third-order valence-electron chi connectivity index (χ3n) is 16.4. The van der Waals surface area contributed by atoms with Crippen LogP contribution in [0.15, 0.2) is 84.3 Å². The number of anilines is 3. The Labute approximate surface area is 551 Å². The molecule has 83 heavy (non-hydrogen) atoms. The molecule has 4 aliphatic rings. The van der Waals surface area contributed by atoms with Gasteiger partial charge in [0.25, 0.3) is 0 Å². The molecule has 11 rings (SSSR count). The molecule has 4 saturated heterocycles. The molecule has 4 fully saturated rings.